The van der Waals surface area contributed by atoms with E-state index in [2.05, 4.69) is 134 Å². The Balaban J connectivity index is 0.000000467. The molecule has 0 aromatic carbocycles. The van der Waals surface area contributed by atoms with Crippen molar-refractivity contribution in [3.63, 3.8) is 0 Å². The molecule has 0 radical (unpaired) electrons. The van der Waals surface area contributed by atoms with E-state index in [1.165, 1.54) is 183 Å². The highest BCUT2D eigenvalue weighted by Crippen LogP contribution is 2.51. The molecule has 4 rings (SSSR count). The Hall–Kier alpha value is 1.68. The van der Waals surface area contributed by atoms with Crippen LogP contribution in [-0.4, -0.2) is 0 Å². The van der Waals surface area contributed by atoms with Crippen LogP contribution in [0.15, 0.2) is 48.4 Å². The number of hydrogen-bond donors (Lipinski definition) is 0. The van der Waals surface area contributed by atoms with Crippen molar-refractivity contribution in [1.82, 2.24) is 0 Å². The van der Waals surface area contributed by atoms with Crippen molar-refractivity contribution in [3.05, 3.63) is 59.5 Å². The van der Waals surface area contributed by atoms with Crippen molar-refractivity contribution in [2.45, 2.75) is 155 Å². The molecule has 280 valence electrons. The fourth-order valence-corrected chi connectivity index (χ4v) is 15.5. The van der Waals surface area contributed by atoms with E-state index in [4.69, 9.17) is 0 Å². The summed E-state index contributed by atoms with van der Waals surface area (Å²) < 4.78 is 7.55. The number of hydrogen-bond acceptors (Lipinski definition) is 4. The van der Waals surface area contributed by atoms with Gasteiger partial charge in [0.15, 0.2) is 0 Å². The minimum atomic E-state index is 1.16. The molecule has 4 aromatic rings. The van der Waals surface area contributed by atoms with Gasteiger partial charge in [0.1, 0.15) is 0 Å². The van der Waals surface area contributed by atoms with Crippen LogP contribution in [0.5, 0.6) is 0 Å². The third-order valence-corrected chi connectivity index (χ3v) is 18.8. The van der Waals surface area contributed by atoms with Gasteiger partial charge >= 0.3 is 0 Å². The molecule has 0 aliphatic carbocycles. The van der Waals surface area contributed by atoms with E-state index in [-0.39, 0.29) is 0 Å². The second-order valence-electron chi connectivity index (χ2n) is 13.1. The molecule has 0 spiro atoms. The molecule has 50 heavy (non-hydrogen) atoms. The Bertz CT molecular complexity index is 1370. The van der Waals surface area contributed by atoms with Gasteiger partial charge in [-0.25, -0.2) is 0 Å². The second-order valence-corrected chi connectivity index (χ2v) is 24.3. The van der Waals surface area contributed by atoms with E-state index in [1.807, 2.05) is 22.7 Å². The van der Waals surface area contributed by atoms with Crippen molar-refractivity contribution >= 4 is 141 Å². The Labute approximate surface area is 370 Å². The number of unbranched alkanes of at least 4 members (excludes halogenated alkanes) is 18. The SMILES string of the molecule is Brc1ccc(-c2ccc(Br)s2)s1.CCCCCCCCCCCCc1c(Br)sc(-c2sc(Br)c(CCCCCCCCCCCC)c2Br)c1Br. The summed E-state index contributed by atoms with van der Waals surface area (Å²) in [6, 6.07) is 8.42. The molecule has 0 amide bonds. The van der Waals surface area contributed by atoms with Crippen LogP contribution in [-0.2, 0) is 12.8 Å². The Kier molecular flexibility index (Phi) is 25.2. The minimum Gasteiger partial charge on any atom is -0.127 e. The molecule has 0 atom stereocenters. The molecule has 0 aliphatic rings. The number of rotatable bonds is 24. The summed E-state index contributed by atoms with van der Waals surface area (Å²) >= 11 is 30.0. The van der Waals surface area contributed by atoms with Crippen LogP contribution < -0.4 is 0 Å². The second kappa shape index (κ2) is 27.3. The normalized spacial score (nSPS) is 11.4. The van der Waals surface area contributed by atoms with E-state index in [0.717, 1.165) is 12.8 Å². The summed E-state index contributed by atoms with van der Waals surface area (Å²) in [6.45, 7) is 4.59. The predicted molar refractivity (Wildman–Crippen MR) is 253 cm³/mol. The van der Waals surface area contributed by atoms with Gasteiger partial charge in [0.05, 0.1) is 24.9 Å². The molecule has 0 saturated heterocycles. The highest BCUT2D eigenvalue weighted by molar-refractivity contribution is 9.12. The molecule has 0 fully saturated rings. The van der Waals surface area contributed by atoms with Crippen LogP contribution in [0.1, 0.15) is 153 Å². The van der Waals surface area contributed by atoms with Crippen molar-refractivity contribution in [1.29, 1.82) is 0 Å². The third-order valence-electron chi connectivity index (χ3n) is 8.94. The van der Waals surface area contributed by atoms with Gasteiger partial charge in [-0.1, -0.05) is 129 Å². The van der Waals surface area contributed by atoms with E-state index >= 15 is 0 Å². The lowest BCUT2D eigenvalue weighted by Crippen LogP contribution is -1.88. The maximum absolute atomic E-state index is 3.99. The van der Waals surface area contributed by atoms with E-state index in [1.54, 1.807) is 22.7 Å². The van der Waals surface area contributed by atoms with Crippen LogP contribution in [0.4, 0.5) is 0 Å². The van der Waals surface area contributed by atoms with Crippen molar-refractivity contribution in [2.24, 2.45) is 0 Å². The molecule has 10 heteroatoms. The van der Waals surface area contributed by atoms with Gasteiger partial charge in [-0.15, -0.1) is 45.3 Å². The molecular formula is C40H54Br6S4. The van der Waals surface area contributed by atoms with Crippen LogP contribution in [0, 0.1) is 0 Å². The first-order valence-corrected chi connectivity index (χ1v) is 26.7. The maximum Gasteiger partial charge on any atom is 0.0749 e. The summed E-state index contributed by atoms with van der Waals surface area (Å²) in [5, 5.41) is 0. The number of thiophene rings is 4. The largest absolute Gasteiger partial charge is 0.127 e. The molecule has 0 bridgehead atoms. The summed E-state index contributed by atoms with van der Waals surface area (Å²) in [6.07, 6.45) is 30.0. The highest BCUT2D eigenvalue weighted by Gasteiger charge is 2.22. The molecule has 0 nitrogen and oxygen atoms in total. The first-order valence-electron chi connectivity index (χ1n) is 18.7. The van der Waals surface area contributed by atoms with E-state index in [0.29, 0.717) is 0 Å². The summed E-state index contributed by atoms with van der Waals surface area (Å²) in [5.74, 6) is 0. The zero-order valence-corrected chi connectivity index (χ0v) is 42.5. The zero-order chi connectivity index (χ0) is 36.1. The van der Waals surface area contributed by atoms with Gasteiger partial charge in [0.2, 0.25) is 0 Å². The summed E-state index contributed by atoms with van der Waals surface area (Å²) in [4.78, 5) is 5.37. The average molecular weight is 1140 g/mol. The Morgan fingerprint density at radius 2 is 0.680 bits per heavy atom. The molecule has 0 aliphatic heterocycles. The summed E-state index contributed by atoms with van der Waals surface area (Å²) in [5.41, 5.74) is 2.91. The fraction of sp³-hybridized carbons (Fsp3) is 0.600. The highest BCUT2D eigenvalue weighted by atomic mass is 79.9. The van der Waals surface area contributed by atoms with Crippen LogP contribution in [0.3, 0.4) is 0 Å². The van der Waals surface area contributed by atoms with Crippen molar-refractivity contribution in [2.75, 3.05) is 0 Å². The smallest absolute Gasteiger partial charge is 0.0749 e. The summed E-state index contributed by atoms with van der Waals surface area (Å²) in [7, 11) is 0. The van der Waals surface area contributed by atoms with E-state index < -0.39 is 0 Å². The predicted octanol–water partition coefficient (Wildman–Crippen LogP) is 20.5. The molecular weight excluding hydrogens is 1090 g/mol. The van der Waals surface area contributed by atoms with Crippen LogP contribution in [0.25, 0.3) is 19.5 Å². The third kappa shape index (κ3) is 16.8. The van der Waals surface area contributed by atoms with Crippen molar-refractivity contribution < 1.29 is 0 Å². The zero-order valence-electron chi connectivity index (χ0n) is 29.8. The van der Waals surface area contributed by atoms with Gasteiger partial charge in [-0.2, -0.15) is 0 Å². The Morgan fingerprint density at radius 1 is 0.380 bits per heavy atom. The standard InChI is InChI=1S/C32H50Br4S2.C8H4Br2S2/c1-3-5-7-9-11-13-15-17-19-21-23-25-27(33)29(37-31(25)35)30-28(34)26(32(36)38-30)24-22-20-18-16-14-12-10-8-6-4-2;9-7-3-1-5(11-7)6-2-4-8(10)12-6/h3-24H2,1-2H3;1-4H. The lowest BCUT2D eigenvalue weighted by atomic mass is 10.0. The van der Waals surface area contributed by atoms with Gasteiger partial charge < -0.3 is 0 Å². The maximum atomic E-state index is 3.99. The van der Waals surface area contributed by atoms with Crippen LogP contribution >= 0.6 is 141 Å². The topological polar surface area (TPSA) is 0 Å². The Morgan fingerprint density at radius 3 is 0.960 bits per heavy atom. The van der Waals surface area contributed by atoms with Gasteiger partial charge in [-0.05, 0) is 157 Å². The molecule has 4 heterocycles. The monoisotopic (exact) mass is 1140 g/mol. The van der Waals surface area contributed by atoms with Gasteiger partial charge in [0.25, 0.3) is 0 Å². The molecule has 0 N–H and O–H groups in total. The van der Waals surface area contributed by atoms with Gasteiger partial charge in [-0.3, -0.25) is 0 Å². The lowest BCUT2D eigenvalue weighted by molar-refractivity contribution is 0.556. The first kappa shape index (κ1) is 46.1. The fourth-order valence-electron chi connectivity index (χ4n) is 6.02. The number of halogens is 6. The molecule has 0 saturated carbocycles. The molecule has 4 aromatic heterocycles. The van der Waals surface area contributed by atoms with Crippen LogP contribution in [0.2, 0.25) is 0 Å². The average Bonchev–Trinajstić information content (AvgIpc) is 3.86. The van der Waals surface area contributed by atoms with E-state index in [9.17, 15) is 0 Å². The minimum absolute atomic E-state index is 1.16. The van der Waals surface area contributed by atoms with Crippen molar-refractivity contribution in [3.8, 4) is 19.5 Å². The lowest BCUT2D eigenvalue weighted by Gasteiger charge is -2.04. The first-order chi connectivity index (χ1) is 24.3. The molecule has 0 unspecified atom stereocenters. The van der Waals surface area contributed by atoms with Gasteiger partial charge in [0, 0.05) is 18.7 Å². The quantitative estimate of drug-likeness (QED) is 0.0614.